The number of piperidine rings is 1. The second kappa shape index (κ2) is 6.45. The predicted octanol–water partition coefficient (Wildman–Crippen LogP) is 2.20. The summed E-state index contributed by atoms with van der Waals surface area (Å²) in [5, 5.41) is 21.6. The standard InChI is InChI=1S/C16H20FN5O/c1-10-6-14(19-12-4-3-5-22(2)9-12)20-21-15(10)16-13(23)7-11(17)8-18-16/h6-8,12,23H,3-5,9H2,1-2H3,(H,19,20)/t12-/m1/s1. The average Bonchev–Trinajstić information content (AvgIpc) is 2.48. The van der Waals surface area contributed by atoms with E-state index in [0.29, 0.717) is 17.6 Å². The third-order valence-corrected chi connectivity index (χ3v) is 4.02. The molecule has 6 nitrogen and oxygen atoms in total. The minimum Gasteiger partial charge on any atom is -0.505 e. The molecule has 0 amide bonds. The van der Waals surface area contributed by atoms with Gasteiger partial charge in [-0.3, -0.25) is 0 Å². The molecule has 23 heavy (non-hydrogen) atoms. The van der Waals surface area contributed by atoms with Crippen molar-refractivity contribution in [3.8, 4) is 17.1 Å². The molecule has 2 aromatic heterocycles. The molecular weight excluding hydrogens is 297 g/mol. The van der Waals surface area contributed by atoms with Crippen LogP contribution in [0, 0.1) is 12.7 Å². The number of pyridine rings is 1. The van der Waals surface area contributed by atoms with Crippen molar-refractivity contribution in [3.05, 3.63) is 29.7 Å². The van der Waals surface area contributed by atoms with Crippen LogP contribution in [0.25, 0.3) is 11.4 Å². The molecule has 1 fully saturated rings. The van der Waals surface area contributed by atoms with E-state index in [-0.39, 0.29) is 11.4 Å². The van der Waals surface area contributed by atoms with Crippen molar-refractivity contribution in [3.63, 3.8) is 0 Å². The van der Waals surface area contributed by atoms with Gasteiger partial charge in [0.1, 0.15) is 28.8 Å². The van der Waals surface area contributed by atoms with E-state index in [4.69, 9.17) is 0 Å². The molecule has 1 aliphatic rings. The van der Waals surface area contributed by atoms with Crippen molar-refractivity contribution < 1.29 is 9.50 Å². The Kier molecular flexibility index (Phi) is 4.38. The highest BCUT2D eigenvalue weighted by molar-refractivity contribution is 5.65. The Morgan fingerprint density at radius 1 is 1.30 bits per heavy atom. The van der Waals surface area contributed by atoms with Gasteiger partial charge in [0.15, 0.2) is 0 Å². The molecule has 7 heteroatoms. The fourth-order valence-electron chi connectivity index (χ4n) is 2.89. The molecule has 0 saturated carbocycles. The van der Waals surface area contributed by atoms with Crippen LogP contribution in [-0.4, -0.2) is 51.4 Å². The van der Waals surface area contributed by atoms with Crippen molar-refractivity contribution in [2.24, 2.45) is 0 Å². The van der Waals surface area contributed by atoms with E-state index in [2.05, 4.69) is 32.4 Å². The topological polar surface area (TPSA) is 74.2 Å². The summed E-state index contributed by atoms with van der Waals surface area (Å²) in [6.07, 6.45) is 3.32. The third-order valence-electron chi connectivity index (χ3n) is 4.02. The zero-order chi connectivity index (χ0) is 16.4. The van der Waals surface area contributed by atoms with E-state index in [9.17, 15) is 9.50 Å². The van der Waals surface area contributed by atoms with Gasteiger partial charge in [-0.2, -0.15) is 0 Å². The van der Waals surface area contributed by atoms with Gasteiger partial charge < -0.3 is 15.3 Å². The first kappa shape index (κ1) is 15.6. The van der Waals surface area contributed by atoms with E-state index >= 15 is 0 Å². The molecule has 1 aliphatic heterocycles. The summed E-state index contributed by atoms with van der Waals surface area (Å²) in [5.41, 5.74) is 1.51. The van der Waals surface area contributed by atoms with Gasteiger partial charge in [0.25, 0.3) is 0 Å². The Morgan fingerprint density at radius 2 is 2.13 bits per heavy atom. The number of halogens is 1. The molecule has 2 aromatic rings. The van der Waals surface area contributed by atoms with Gasteiger partial charge in [-0.15, -0.1) is 10.2 Å². The Bertz CT molecular complexity index is 709. The van der Waals surface area contributed by atoms with Crippen LogP contribution >= 0.6 is 0 Å². The van der Waals surface area contributed by atoms with Crippen LogP contribution in [0.2, 0.25) is 0 Å². The quantitative estimate of drug-likeness (QED) is 0.904. The Hall–Kier alpha value is -2.28. The van der Waals surface area contributed by atoms with Crippen LogP contribution < -0.4 is 5.32 Å². The minimum absolute atomic E-state index is 0.236. The second-order valence-electron chi connectivity index (χ2n) is 6.03. The molecule has 0 radical (unpaired) electrons. The highest BCUT2D eigenvalue weighted by Gasteiger charge is 2.18. The number of likely N-dealkylation sites (tertiary alicyclic amines) is 1. The molecule has 3 heterocycles. The van der Waals surface area contributed by atoms with E-state index in [1.54, 1.807) is 0 Å². The Balaban J connectivity index is 1.80. The maximum absolute atomic E-state index is 13.0. The van der Waals surface area contributed by atoms with Crippen molar-refractivity contribution in [2.75, 3.05) is 25.5 Å². The van der Waals surface area contributed by atoms with Crippen molar-refractivity contribution in [2.45, 2.75) is 25.8 Å². The number of rotatable bonds is 3. The van der Waals surface area contributed by atoms with Crippen LogP contribution in [0.1, 0.15) is 18.4 Å². The van der Waals surface area contributed by atoms with Crippen molar-refractivity contribution in [1.29, 1.82) is 0 Å². The predicted molar refractivity (Wildman–Crippen MR) is 85.8 cm³/mol. The Morgan fingerprint density at radius 3 is 2.83 bits per heavy atom. The number of hydrogen-bond donors (Lipinski definition) is 2. The van der Waals surface area contributed by atoms with E-state index < -0.39 is 5.82 Å². The number of hydrogen-bond acceptors (Lipinski definition) is 6. The molecular formula is C16H20FN5O. The van der Waals surface area contributed by atoms with Gasteiger partial charge >= 0.3 is 0 Å². The SMILES string of the molecule is Cc1cc(N[C@@H]2CCCN(C)C2)nnc1-c1ncc(F)cc1O. The lowest BCUT2D eigenvalue weighted by molar-refractivity contribution is 0.260. The van der Waals surface area contributed by atoms with Crippen LogP contribution in [0.15, 0.2) is 18.3 Å². The number of aryl methyl sites for hydroxylation is 1. The Labute approximate surface area is 134 Å². The van der Waals surface area contributed by atoms with Gasteiger partial charge in [-0.1, -0.05) is 0 Å². The van der Waals surface area contributed by atoms with Crippen molar-refractivity contribution in [1.82, 2.24) is 20.1 Å². The molecule has 2 N–H and O–H groups in total. The minimum atomic E-state index is -0.587. The zero-order valence-corrected chi connectivity index (χ0v) is 13.3. The maximum atomic E-state index is 13.0. The van der Waals surface area contributed by atoms with Gasteiger partial charge in [0.2, 0.25) is 0 Å². The normalized spacial score (nSPS) is 18.8. The second-order valence-corrected chi connectivity index (χ2v) is 6.03. The fraction of sp³-hybridized carbons (Fsp3) is 0.438. The summed E-state index contributed by atoms with van der Waals surface area (Å²) >= 11 is 0. The van der Waals surface area contributed by atoms with E-state index in [1.165, 1.54) is 0 Å². The van der Waals surface area contributed by atoms with E-state index in [1.807, 2.05) is 13.0 Å². The monoisotopic (exact) mass is 317 g/mol. The third kappa shape index (κ3) is 3.56. The molecule has 122 valence electrons. The number of likely N-dealkylation sites (N-methyl/N-ethyl adjacent to an activating group) is 1. The molecule has 0 aromatic carbocycles. The fourth-order valence-corrected chi connectivity index (χ4v) is 2.89. The average molecular weight is 317 g/mol. The molecule has 0 bridgehead atoms. The van der Waals surface area contributed by atoms with Gasteiger partial charge in [0, 0.05) is 18.7 Å². The number of aromatic hydroxyl groups is 1. The smallest absolute Gasteiger partial charge is 0.149 e. The lowest BCUT2D eigenvalue weighted by Crippen LogP contribution is -2.39. The lowest BCUT2D eigenvalue weighted by atomic mass is 10.1. The number of nitrogens with zero attached hydrogens (tertiary/aromatic N) is 4. The maximum Gasteiger partial charge on any atom is 0.149 e. The number of nitrogens with one attached hydrogen (secondary N) is 1. The molecule has 0 aliphatic carbocycles. The molecule has 3 rings (SSSR count). The molecule has 1 atom stereocenters. The van der Waals surface area contributed by atoms with Crippen LogP contribution in [0.5, 0.6) is 5.75 Å². The van der Waals surface area contributed by atoms with Gasteiger partial charge in [-0.25, -0.2) is 9.37 Å². The summed E-state index contributed by atoms with van der Waals surface area (Å²) in [5.74, 6) is -0.123. The first-order chi connectivity index (χ1) is 11.0. The first-order valence-corrected chi connectivity index (χ1v) is 7.67. The molecule has 0 unspecified atom stereocenters. The van der Waals surface area contributed by atoms with Crippen molar-refractivity contribution >= 4 is 5.82 Å². The zero-order valence-electron chi connectivity index (χ0n) is 13.3. The molecule has 1 saturated heterocycles. The summed E-state index contributed by atoms with van der Waals surface area (Å²) in [4.78, 5) is 6.20. The van der Waals surface area contributed by atoms with Gasteiger partial charge in [0.05, 0.1) is 6.20 Å². The van der Waals surface area contributed by atoms with E-state index in [0.717, 1.165) is 43.8 Å². The summed E-state index contributed by atoms with van der Waals surface area (Å²) in [6, 6.07) is 3.25. The van der Waals surface area contributed by atoms with Crippen LogP contribution in [-0.2, 0) is 0 Å². The van der Waals surface area contributed by atoms with Crippen LogP contribution in [0.4, 0.5) is 10.2 Å². The number of anilines is 1. The highest BCUT2D eigenvalue weighted by atomic mass is 19.1. The largest absolute Gasteiger partial charge is 0.505 e. The summed E-state index contributed by atoms with van der Waals surface area (Å²) in [6.45, 7) is 3.97. The summed E-state index contributed by atoms with van der Waals surface area (Å²) < 4.78 is 13.0. The van der Waals surface area contributed by atoms with Gasteiger partial charge in [-0.05, 0) is 45.0 Å². The molecule has 0 spiro atoms. The first-order valence-electron chi connectivity index (χ1n) is 7.67. The highest BCUT2D eigenvalue weighted by Crippen LogP contribution is 2.28. The summed E-state index contributed by atoms with van der Waals surface area (Å²) in [7, 11) is 2.11. The lowest BCUT2D eigenvalue weighted by Gasteiger charge is -2.30. The number of aromatic nitrogens is 3. The van der Waals surface area contributed by atoms with Crippen LogP contribution in [0.3, 0.4) is 0 Å².